The molecule has 1 atom stereocenters. The highest BCUT2D eigenvalue weighted by molar-refractivity contribution is 5.77. The van der Waals surface area contributed by atoms with Gasteiger partial charge in [0.25, 0.3) is 0 Å². The van der Waals surface area contributed by atoms with E-state index in [4.69, 9.17) is 5.73 Å². The summed E-state index contributed by atoms with van der Waals surface area (Å²) in [5, 5.41) is 3.29. The van der Waals surface area contributed by atoms with Crippen LogP contribution in [0.4, 0.5) is 4.79 Å². The first-order valence-electron chi connectivity index (χ1n) is 9.08. The van der Waals surface area contributed by atoms with Crippen LogP contribution in [0.3, 0.4) is 0 Å². The Morgan fingerprint density at radius 1 is 1.04 bits per heavy atom. The van der Waals surface area contributed by atoms with Crippen LogP contribution in [-0.4, -0.2) is 28.6 Å². The number of rotatable bonds is 2. The average Bonchev–Trinajstić information content (AvgIpc) is 2.59. The summed E-state index contributed by atoms with van der Waals surface area (Å²) in [6.07, 6.45) is 3.67. The van der Waals surface area contributed by atoms with E-state index in [0.29, 0.717) is 0 Å². The number of carbonyl (C=O) groups excluding carboxylic acids is 1. The Morgan fingerprint density at radius 2 is 1.72 bits per heavy atom. The maximum Gasteiger partial charge on any atom is 0.318 e. The third kappa shape index (κ3) is 2.28. The average molecular weight is 333 g/mol. The van der Waals surface area contributed by atoms with E-state index in [9.17, 15) is 4.79 Å². The van der Waals surface area contributed by atoms with Crippen molar-refractivity contribution in [1.29, 1.82) is 0 Å². The fourth-order valence-electron chi connectivity index (χ4n) is 5.08. The Labute approximate surface area is 148 Å². The van der Waals surface area contributed by atoms with Gasteiger partial charge in [-0.05, 0) is 42.4 Å². The predicted molar refractivity (Wildman–Crippen MR) is 97.2 cm³/mol. The van der Waals surface area contributed by atoms with E-state index in [1.807, 2.05) is 23.1 Å². The molecule has 3 fully saturated rings. The summed E-state index contributed by atoms with van der Waals surface area (Å²) in [4.78, 5) is 15.1. The number of fused-ring (bicyclic) bond motifs is 1. The topological polar surface area (TPSA) is 58.4 Å². The molecule has 4 nitrogen and oxygen atoms in total. The molecule has 2 aromatic carbocycles. The summed E-state index contributed by atoms with van der Waals surface area (Å²) in [7, 11) is 0. The Bertz CT molecular complexity index is 812. The lowest BCUT2D eigenvalue weighted by Gasteiger charge is -2.69. The van der Waals surface area contributed by atoms with E-state index in [1.54, 1.807) is 0 Å². The van der Waals surface area contributed by atoms with Gasteiger partial charge in [-0.25, -0.2) is 4.79 Å². The molecule has 0 spiro atoms. The van der Waals surface area contributed by atoms with Gasteiger partial charge in [-0.1, -0.05) is 54.6 Å². The molecule has 6 rings (SSSR count). The van der Waals surface area contributed by atoms with Crippen LogP contribution < -0.4 is 11.1 Å². The summed E-state index contributed by atoms with van der Waals surface area (Å²) in [6.45, 7) is 0.742. The van der Waals surface area contributed by atoms with Crippen LogP contribution in [0, 0.1) is 0 Å². The number of urea groups is 1. The van der Waals surface area contributed by atoms with Crippen molar-refractivity contribution in [3.63, 3.8) is 0 Å². The molecule has 3 N–H and O–H groups in total. The van der Waals surface area contributed by atoms with Crippen molar-refractivity contribution in [3.8, 4) is 0 Å². The molecule has 25 heavy (non-hydrogen) atoms. The second kappa shape index (κ2) is 5.09. The lowest BCUT2D eigenvalue weighted by Crippen LogP contribution is -2.82. The summed E-state index contributed by atoms with van der Waals surface area (Å²) < 4.78 is 0. The summed E-state index contributed by atoms with van der Waals surface area (Å²) in [6, 6.07) is 18.8. The van der Waals surface area contributed by atoms with Crippen LogP contribution in [0.2, 0.25) is 0 Å². The lowest BCUT2D eigenvalue weighted by atomic mass is 9.44. The summed E-state index contributed by atoms with van der Waals surface area (Å²) in [5.41, 5.74) is 9.85. The minimum Gasteiger partial charge on any atom is -0.332 e. The van der Waals surface area contributed by atoms with Crippen LogP contribution >= 0.6 is 0 Å². The molecule has 4 heteroatoms. The second-order valence-electron chi connectivity index (χ2n) is 8.06. The Morgan fingerprint density at radius 3 is 2.44 bits per heavy atom. The van der Waals surface area contributed by atoms with E-state index in [2.05, 4.69) is 41.7 Å². The Balaban J connectivity index is 1.47. The van der Waals surface area contributed by atoms with Crippen molar-refractivity contribution in [3.05, 3.63) is 71.3 Å². The smallest absolute Gasteiger partial charge is 0.318 e. The number of hydrogen-bond donors (Lipinski definition) is 2. The molecule has 0 aromatic heterocycles. The predicted octanol–water partition coefficient (Wildman–Crippen LogP) is 2.98. The molecular formula is C21H23N3O. The third-order valence-corrected chi connectivity index (χ3v) is 6.10. The molecule has 1 aliphatic heterocycles. The van der Waals surface area contributed by atoms with Gasteiger partial charge in [0.15, 0.2) is 0 Å². The molecule has 2 bridgehead atoms. The van der Waals surface area contributed by atoms with Crippen molar-refractivity contribution < 1.29 is 4.79 Å². The fraction of sp³-hybridized carbons (Fsp3) is 0.381. The van der Waals surface area contributed by atoms with Crippen LogP contribution in [0.5, 0.6) is 0 Å². The first-order valence-corrected chi connectivity index (χ1v) is 9.08. The molecule has 0 radical (unpaired) electrons. The Kier molecular flexibility index (Phi) is 3.04. The van der Waals surface area contributed by atoms with E-state index >= 15 is 0 Å². The molecule has 128 valence electrons. The molecule has 1 unspecified atom stereocenters. The maximum atomic E-state index is 13.1. The molecular weight excluding hydrogens is 310 g/mol. The van der Waals surface area contributed by atoms with Gasteiger partial charge in [-0.3, -0.25) is 0 Å². The number of nitrogens with zero attached hydrogens (tertiary/aromatic N) is 1. The number of hydrogen-bond acceptors (Lipinski definition) is 2. The highest BCUT2D eigenvalue weighted by Crippen LogP contribution is 2.58. The molecule has 0 saturated heterocycles. The van der Waals surface area contributed by atoms with Crippen molar-refractivity contribution >= 4 is 6.03 Å². The monoisotopic (exact) mass is 333 g/mol. The van der Waals surface area contributed by atoms with Gasteiger partial charge in [0.05, 0.1) is 6.04 Å². The van der Waals surface area contributed by atoms with E-state index in [0.717, 1.165) is 37.8 Å². The van der Waals surface area contributed by atoms with Crippen molar-refractivity contribution in [1.82, 2.24) is 10.2 Å². The van der Waals surface area contributed by atoms with Gasteiger partial charge in [-0.15, -0.1) is 0 Å². The number of benzene rings is 2. The van der Waals surface area contributed by atoms with Crippen molar-refractivity contribution in [2.75, 3.05) is 6.54 Å². The van der Waals surface area contributed by atoms with Crippen molar-refractivity contribution in [2.24, 2.45) is 5.73 Å². The molecule has 4 aliphatic rings. The summed E-state index contributed by atoms with van der Waals surface area (Å²) >= 11 is 0. The summed E-state index contributed by atoms with van der Waals surface area (Å²) in [5.74, 6) is 0. The quantitative estimate of drug-likeness (QED) is 0.888. The minimum absolute atomic E-state index is 0.000604. The zero-order valence-corrected chi connectivity index (χ0v) is 14.2. The first kappa shape index (κ1) is 15.0. The number of nitrogens with two attached hydrogens (primary N) is 1. The number of nitrogens with one attached hydrogen (secondary N) is 1. The SMILES string of the molecule is NC12CC(NC(=O)N3CCc4ccccc4C3c3ccccc3)(C1)C2. The molecule has 1 heterocycles. The van der Waals surface area contributed by atoms with Gasteiger partial charge in [-0.2, -0.15) is 0 Å². The zero-order valence-electron chi connectivity index (χ0n) is 14.2. The van der Waals surface area contributed by atoms with Crippen LogP contribution in [0.15, 0.2) is 54.6 Å². The van der Waals surface area contributed by atoms with Gasteiger partial charge in [0, 0.05) is 17.6 Å². The first-order chi connectivity index (χ1) is 12.1. The third-order valence-electron chi connectivity index (χ3n) is 6.10. The number of amides is 2. The minimum atomic E-state index is -0.0377. The highest BCUT2D eigenvalue weighted by Gasteiger charge is 2.66. The van der Waals surface area contributed by atoms with Gasteiger partial charge in [0.2, 0.25) is 0 Å². The molecule has 2 amide bonds. The normalized spacial score (nSPS) is 32.2. The standard InChI is InChI=1S/C21H23N3O/c22-20-12-21(13-20,14-20)23-19(25)24-11-10-15-6-4-5-9-17(15)18(24)16-7-2-1-3-8-16/h1-9,18H,10-14,22H2,(H,23,25). The highest BCUT2D eigenvalue weighted by atomic mass is 16.2. The van der Waals surface area contributed by atoms with E-state index in [1.165, 1.54) is 11.1 Å². The van der Waals surface area contributed by atoms with Crippen molar-refractivity contribution in [2.45, 2.75) is 42.8 Å². The van der Waals surface area contributed by atoms with Crippen LogP contribution in [-0.2, 0) is 6.42 Å². The lowest BCUT2D eigenvalue weighted by molar-refractivity contribution is -0.0718. The van der Waals surface area contributed by atoms with Gasteiger partial charge >= 0.3 is 6.03 Å². The molecule has 3 aliphatic carbocycles. The number of carbonyl (C=O) groups is 1. The largest absolute Gasteiger partial charge is 0.332 e. The van der Waals surface area contributed by atoms with Gasteiger partial charge < -0.3 is 16.0 Å². The van der Waals surface area contributed by atoms with E-state index < -0.39 is 0 Å². The molecule has 2 aromatic rings. The van der Waals surface area contributed by atoms with Crippen LogP contribution in [0.1, 0.15) is 42.0 Å². The van der Waals surface area contributed by atoms with E-state index in [-0.39, 0.29) is 23.2 Å². The molecule has 3 saturated carbocycles. The zero-order chi connectivity index (χ0) is 17.1. The fourth-order valence-corrected chi connectivity index (χ4v) is 5.08. The van der Waals surface area contributed by atoms with Gasteiger partial charge in [0.1, 0.15) is 0 Å². The maximum absolute atomic E-state index is 13.1. The van der Waals surface area contributed by atoms with Crippen LogP contribution in [0.25, 0.3) is 0 Å². The Hall–Kier alpha value is -2.33. The second-order valence-corrected chi connectivity index (χ2v) is 8.06.